The Morgan fingerprint density at radius 1 is 0.848 bits per heavy atom. The number of benzene rings is 2. The van der Waals surface area contributed by atoms with Crippen molar-refractivity contribution in [3.05, 3.63) is 59.2 Å². The molecule has 4 nitrogen and oxygen atoms in total. The lowest BCUT2D eigenvalue weighted by molar-refractivity contribution is -0.137. The van der Waals surface area contributed by atoms with Gasteiger partial charge in [-0.05, 0) is 36.2 Å². The summed E-state index contributed by atoms with van der Waals surface area (Å²) in [5.41, 5.74) is -3.44. The first-order chi connectivity index (χ1) is 15.2. The van der Waals surface area contributed by atoms with E-state index in [9.17, 15) is 26.3 Å². The van der Waals surface area contributed by atoms with Gasteiger partial charge in [-0.1, -0.05) is 39.0 Å². The first kappa shape index (κ1) is 22.9. The molecule has 2 heterocycles. The summed E-state index contributed by atoms with van der Waals surface area (Å²) in [4.78, 5) is 11.2. The van der Waals surface area contributed by atoms with Gasteiger partial charge in [0.25, 0.3) is 0 Å². The van der Waals surface area contributed by atoms with Crippen molar-refractivity contribution in [1.29, 1.82) is 0 Å². The molecule has 1 N–H and O–H groups in total. The lowest BCUT2D eigenvalue weighted by Gasteiger charge is -2.15. The highest BCUT2D eigenvalue weighted by molar-refractivity contribution is 5.88. The SMILES string of the molecule is Cc1oc(C(C)(C)C)nc1-c1nc2cc(-c3ccccc3C(F)(F)F)cc(C(F)(F)F)c2[nH]1. The Balaban J connectivity index is 1.96. The quantitative estimate of drug-likeness (QED) is 0.310. The van der Waals surface area contributed by atoms with E-state index < -0.39 is 28.9 Å². The molecule has 0 aliphatic heterocycles. The third-order valence-corrected chi connectivity index (χ3v) is 5.10. The highest BCUT2D eigenvalue weighted by Gasteiger charge is 2.37. The maximum atomic E-state index is 13.9. The molecule has 0 unspecified atom stereocenters. The molecule has 174 valence electrons. The summed E-state index contributed by atoms with van der Waals surface area (Å²) >= 11 is 0. The largest absolute Gasteiger partial charge is 0.445 e. The van der Waals surface area contributed by atoms with Gasteiger partial charge in [-0.3, -0.25) is 0 Å². The van der Waals surface area contributed by atoms with Crippen LogP contribution in [0, 0.1) is 6.92 Å². The maximum Gasteiger partial charge on any atom is 0.418 e. The zero-order chi connectivity index (χ0) is 24.3. The van der Waals surface area contributed by atoms with Gasteiger partial charge in [0.2, 0.25) is 0 Å². The smallest absolute Gasteiger partial charge is 0.418 e. The average molecular weight is 467 g/mol. The van der Waals surface area contributed by atoms with Crippen molar-refractivity contribution in [2.24, 2.45) is 0 Å². The summed E-state index contributed by atoms with van der Waals surface area (Å²) in [5, 5.41) is 0. The number of aryl methyl sites for hydroxylation is 1. The van der Waals surface area contributed by atoms with Crippen molar-refractivity contribution in [2.45, 2.75) is 45.5 Å². The number of oxazole rings is 1. The van der Waals surface area contributed by atoms with Crippen LogP contribution in [0.5, 0.6) is 0 Å². The normalized spacial score (nSPS) is 13.2. The predicted molar refractivity (Wildman–Crippen MR) is 110 cm³/mol. The number of fused-ring (bicyclic) bond motifs is 1. The van der Waals surface area contributed by atoms with E-state index in [2.05, 4.69) is 15.0 Å². The molecule has 4 rings (SSSR count). The van der Waals surface area contributed by atoms with E-state index in [0.29, 0.717) is 17.7 Å². The van der Waals surface area contributed by atoms with Gasteiger partial charge in [0.15, 0.2) is 11.7 Å². The summed E-state index contributed by atoms with van der Waals surface area (Å²) in [6.07, 6.45) is -9.57. The zero-order valence-corrected chi connectivity index (χ0v) is 18.0. The minimum absolute atomic E-state index is 0.0357. The van der Waals surface area contributed by atoms with E-state index in [1.807, 2.05) is 20.8 Å². The van der Waals surface area contributed by atoms with Gasteiger partial charge in [-0.25, -0.2) is 9.97 Å². The minimum atomic E-state index is -4.83. The fourth-order valence-corrected chi connectivity index (χ4v) is 3.52. The van der Waals surface area contributed by atoms with Crippen molar-refractivity contribution in [2.75, 3.05) is 0 Å². The number of H-pyrrole nitrogens is 1. The molecular weight excluding hydrogens is 448 g/mol. The monoisotopic (exact) mass is 467 g/mol. The molecule has 4 aromatic rings. The van der Waals surface area contributed by atoms with E-state index in [-0.39, 0.29) is 33.7 Å². The summed E-state index contributed by atoms with van der Waals surface area (Å²) < 4.78 is 87.8. The Morgan fingerprint density at radius 2 is 1.48 bits per heavy atom. The number of aromatic amines is 1. The topological polar surface area (TPSA) is 54.7 Å². The van der Waals surface area contributed by atoms with E-state index in [4.69, 9.17) is 4.42 Å². The van der Waals surface area contributed by atoms with Gasteiger partial charge in [0, 0.05) is 5.41 Å². The van der Waals surface area contributed by atoms with Crippen LogP contribution in [0.1, 0.15) is 43.5 Å². The van der Waals surface area contributed by atoms with Crippen LogP contribution in [0.25, 0.3) is 33.7 Å². The van der Waals surface area contributed by atoms with E-state index >= 15 is 0 Å². The van der Waals surface area contributed by atoms with E-state index in [1.54, 1.807) is 6.92 Å². The summed E-state index contributed by atoms with van der Waals surface area (Å²) in [7, 11) is 0. The fraction of sp³-hybridized carbons (Fsp3) is 0.304. The second kappa shape index (κ2) is 7.36. The Morgan fingerprint density at radius 3 is 2.06 bits per heavy atom. The lowest BCUT2D eigenvalue weighted by atomic mass is 9.96. The number of hydrogen-bond acceptors (Lipinski definition) is 3. The van der Waals surface area contributed by atoms with Crippen LogP contribution in [-0.4, -0.2) is 15.0 Å². The zero-order valence-electron chi connectivity index (χ0n) is 18.0. The maximum absolute atomic E-state index is 13.9. The molecule has 0 aliphatic carbocycles. The van der Waals surface area contributed by atoms with Crippen LogP contribution in [0.3, 0.4) is 0 Å². The predicted octanol–water partition coefficient (Wildman–Crippen LogP) is 7.53. The average Bonchev–Trinajstić information content (AvgIpc) is 3.28. The van der Waals surface area contributed by atoms with Crippen molar-refractivity contribution < 1.29 is 30.8 Å². The number of alkyl halides is 6. The van der Waals surface area contributed by atoms with Gasteiger partial charge in [0.05, 0.1) is 22.2 Å². The molecule has 0 radical (unpaired) electrons. The van der Waals surface area contributed by atoms with Crippen LogP contribution >= 0.6 is 0 Å². The molecule has 33 heavy (non-hydrogen) atoms. The molecule has 0 amide bonds. The first-order valence-corrected chi connectivity index (χ1v) is 9.92. The van der Waals surface area contributed by atoms with Crippen LogP contribution < -0.4 is 0 Å². The molecular formula is C23H19F6N3O. The second-order valence-corrected chi connectivity index (χ2v) is 8.72. The molecule has 0 fully saturated rings. The Bertz CT molecular complexity index is 1340. The summed E-state index contributed by atoms with van der Waals surface area (Å²) in [5.74, 6) is 0.773. The van der Waals surface area contributed by atoms with Crippen LogP contribution in [-0.2, 0) is 17.8 Å². The standard InChI is InChI=1S/C23H19F6N3O/c1-11-17(32-20(33-11)21(2,3)4)19-30-16-10-12(9-15(18(16)31-19)23(27,28)29)13-7-5-6-8-14(13)22(24,25)26/h5-10H,1-4H3,(H,30,31). The lowest BCUT2D eigenvalue weighted by Crippen LogP contribution is -2.11. The minimum Gasteiger partial charge on any atom is -0.445 e. The van der Waals surface area contributed by atoms with Crippen LogP contribution in [0.15, 0.2) is 40.8 Å². The molecule has 0 aliphatic rings. The first-order valence-electron chi connectivity index (χ1n) is 9.92. The summed E-state index contributed by atoms with van der Waals surface area (Å²) in [6, 6.07) is 6.39. The van der Waals surface area contributed by atoms with Gasteiger partial charge >= 0.3 is 12.4 Å². The molecule has 10 heteroatoms. The van der Waals surface area contributed by atoms with Gasteiger partial charge < -0.3 is 9.40 Å². The molecule has 0 atom stereocenters. The Labute approximate surface area is 184 Å². The van der Waals surface area contributed by atoms with Crippen molar-refractivity contribution >= 4 is 11.0 Å². The number of rotatable bonds is 2. The molecule has 0 saturated carbocycles. The van der Waals surface area contributed by atoms with Gasteiger partial charge in [-0.2, -0.15) is 26.3 Å². The van der Waals surface area contributed by atoms with Gasteiger partial charge in [0.1, 0.15) is 11.5 Å². The highest BCUT2D eigenvalue weighted by atomic mass is 19.4. The molecule has 2 aromatic carbocycles. The number of halogens is 6. The van der Waals surface area contributed by atoms with Crippen LogP contribution in [0.2, 0.25) is 0 Å². The molecule has 0 bridgehead atoms. The van der Waals surface area contributed by atoms with Crippen molar-refractivity contribution in [3.63, 3.8) is 0 Å². The number of nitrogens with zero attached hydrogens (tertiary/aromatic N) is 2. The molecule has 2 aromatic heterocycles. The van der Waals surface area contributed by atoms with Crippen LogP contribution in [0.4, 0.5) is 26.3 Å². The van der Waals surface area contributed by atoms with Crippen molar-refractivity contribution in [1.82, 2.24) is 15.0 Å². The number of nitrogens with one attached hydrogen (secondary N) is 1. The van der Waals surface area contributed by atoms with E-state index in [0.717, 1.165) is 12.1 Å². The molecule has 0 saturated heterocycles. The Hall–Kier alpha value is -3.30. The second-order valence-electron chi connectivity index (χ2n) is 8.72. The third kappa shape index (κ3) is 4.21. The summed E-state index contributed by atoms with van der Waals surface area (Å²) in [6.45, 7) is 7.22. The third-order valence-electron chi connectivity index (χ3n) is 5.10. The number of hydrogen-bond donors (Lipinski definition) is 1. The fourth-order valence-electron chi connectivity index (χ4n) is 3.52. The number of imidazole rings is 1. The van der Waals surface area contributed by atoms with E-state index in [1.165, 1.54) is 18.2 Å². The highest BCUT2D eigenvalue weighted by Crippen LogP contribution is 2.42. The Kier molecular flexibility index (Phi) is 5.10. The van der Waals surface area contributed by atoms with Crippen molar-refractivity contribution in [3.8, 4) is 22.6 Å². The molecule has 0 spiro atoms. The van der Waals surface area contributed by atoms with Gasteiger partial charge in [-0.15, -0.1) is 0 Å². The number of aromatic nitrogens is 3.